The fourth-order valence-corrected chi connectivity index (χ4v) is 2.28. The molecule has 0 saturated heterocycles. The lowest BCUT2D eigenvalue weighted by atomic mass is 10.3. The van der Waals surface area contributed by atoms with E-state index in [0.717, 1.165) is 9.37 Å². The highest BCUT2D eigenvalue weighted by Gasteiger charge is 2.13. The van der Waals surface area contributed by atoms with E-state index in [-0.39, 0.29) is 5.91 Å². The molecule has 2 N–H and O–H groups in total. The van der Waals surface area contributed by atoms with Crippen molar-refractivity contribution in [2.45, 2.75) is 24.3 Å². The predicted molar refractivity (Wildman–Crippen MR) is 74.7 cm³/mol. The van der Waals surface area contributed by atoms with Crippen LogP contribution in [-0.2, 0) is 9.59 Å². The number of amides is 1. The molecule has 0 fully saturated rings. The summed E-state index contributed by atoms with van der Waals surface area (Å²) in [6.07, 6.45) is 0.304. The van der Waals surface area contributed by atoms with Gasteiger partial charge in [0.1, 0.15) is 6.04 Å². The van der Waals surface area contributed by atoms with Crippen molar-refractivity contribution in [1.29, 1.82) is 0 Å². The topological polar surface area (TPSA) is 66.4 Å². The van der Waals surface area contributed by atoms with Crippen LogP contribution < -0.4 is 5.32 Å². The van der Waals surface area contributed by atoms with Gasteiger partial charge in [0.15, 0.2) is 0 Å². The molecule has 0 radical (unpaired) electrons. The van der Waals surface area contributed by atoms with Crippen LogP contribution in [-0.4, -0.2) is 28.8 Å². The van der Waals surface area contributed by atoms with Crippen molar-refractivity contribution in [1.82, 2.24) is 5.32 Å². The Bertz CT molecular complexity index is 422. The Kier molecular flexibility index (Phi) is 6.21. The number of hydrogen-bond acceptors (Lipinski definition) is 3. The molecule has 0 heterocycles. The molecule has 1 rings (SSSR count). The molecule has 0 saturated carbocycles. The van der Waals surface area contributed by atoms with E-state index >= 15 is 0 Å². The highest BCUT2D eigenvalue weighted by molar-refractivity contribution is 9.10. The summed E-state index contributed by atoms with van der Waals surface area (Å²) in [6.45, 7) is 1.45. The van der Waals surface area contributed by atoms with Crippen molar-refractivity contribution in [3.05, 3.63) is 28.7 Å². The zero-order valence-electron chi connectivity index (χ0n) is 9.85. The van der Waals surface area contributed by atoms with E-state index in [1.807, 2.05) is 24.3 Å². The maximum absolute atomic E-state index is 11.4. The molecule has 0 aliphatic rings. The van der Waals surface area contributed by atoms with Gasteiger partial charge in [-0.2, -0.15) is 0 Å². The van der Waals surface area contributed by atoms with Gasteiger partial charge in [0, 0.05) is 21.5 Å². The third-order valence-electron chi connectivity index (χ3n) is 2.16. The summed E-state index contributed by atoms with van der Waals surface area (Å²) in [6, 6.07) is 6.97. The Labute approximate surface area is 118 Å². The number of nitrogens with one attached hydrogen (secondary N) is 1. The first-order valence-electron chi connectivity index (χ1n) is 5.39. The minimum absolute atomic E-state index is 0.241. The number of carbonyl (C=O) groups is 2. The van der Waals surface area contributed by atoms with Crippen molar-refractivity contribution in [2.75, 3.05) is 5.75 Å². The molecular formula is C12H14BrNO3S. The first kappa shape index (κ1) is 15.0. The molecular weight excluding hydrogens is 318 g/mol. The molecule has 0 aliphatic heterocycles. The highest BCUT2D eigenvalue weighted by Crippen LogP contribution is 2.21. The fourth-order valence-electron chi connectivity index (χ4n) is 1.17. The molecule has 0 aliphatic carbocycles. The van der Waals surface area contributed by atoms with Crippen LogP contribution in [0.3, 0.4) is 0 Å². The van der Waals surface area contributed by atoms with Gasteiger partial charge < -0.3 is 10.4 Å². The lowest BCUT2D eigenvalue weighted by molar-refractivity contribution is -0.141. The first-order valence-corrected chi connectivity index (χ1v) is 7.17. The number of benzene rings is 1. The first-order chi connectivity index (χ1) is 8.49. The van der Waals surface area contributed by atoms with E-state index in [2.05, 4.69) is 21.2 Å². The highest BCUT2D eigenvalue weighted by atomic mass is 79.9. The Hall–Kier alpha value is -1.01. The number of carboxylic acids is 1. The molecule has 0 unspecified atom stereocenters. The van der Waals surface area contributed by atoms with E-state index < -0.39 is 12.0 Å². The maximum atomic E-state index is 11.4. The number of carboxylic acid groups (broad SMARTS) is 1. The van der Waals surface area contributed by atoms with Gasteiger partial charge in [-0.3, -0.25) is 9.59 Å². The zero-order chi connectivity index (χ0) is 13.5. The third kappa shape index (κ3) is 5.55. The molecule has 0 bridgehead atoms. The van der Waals surface area contributed by atoms with Gasteiger partial charge >= 0.3 is 5.97 Å². The minimum Gasteiger partial charge on any atom is -0.480 e. The fraction of sp³-hybridized carbons (Fsp3) is 0.333. The van der Waals surface area contributed by atoms with Crippen LogP contribution in [0.1, 0.15) is 13.3 Å². The molecule has 1 atom stereocenters. The normalized spacial score (nSPS) is 11.9. The molecule has 4 nitrogen and oxygen atoms in total. The average Bonchev–Trinajstić information content (AvgIpc) is 2.31. The second-order valence-electron chi connectivity index (χ2n) is 3.68. The number of carbonyl (C=O) groups excluding carboxylic acids is 1. The van der Waals surface area contributed by atoms with E-state index in [1.165, 1.54) is 6.92 Å². The summed E-state index contributed by atoms with van der Waals surface area (Å²) < 4.78 is 1.01. The largest absolute Gasteiger partial charge is 0.480 e. The summed E-state index contributed by atoms with van der Waals surface area (Å²) in [5, 5.41) is 11.1. The standard InChI is InChI=1S/C12H14BrNO3S/c1-8(12(16)17)14-11(15)6-7-18-10-4-2-9(13)3-5-10/h2-5,8H,6-7H2,1H3,(H,14,15)(H,16,17)/t8-/m1/s1. The van der Waals surface area contributed by atoms with Crippen molar-refractivity contribution in [3.63, 3.8) is 0 Å². The van der Waals surface area contributed by atoms with Gasteiger partial charge in [-0.1, -0.05) is 15.9 Å². The summed E-state index contributed by atoms with van der Waals surface area (Å²) in [4.78, 5) is 23.0. The Morgan fingerprint density at radius 1 is 1.39 bits per heavy atom. The molecule has 18 heavy (non-hydrogen) atoms. The maximum Gasteiger partial charge on any atom is 0.325 e. The number of aliphatic carboxylic acids is 1. The van der Waals surface area contributed by atoms with Crippen LogP contribution in [0.2, 0.25) is 0 Å². The molecule has 98 valence electrons. The number of hydrogen-bond donors (Lipinski definition) is 2. The van der Waals surface area contributed by atoms with Crippen molar-refractivity contribution in [2.24, 2.45) is 0 Å². The van der Waals surface area contributed by atoms with Crippen LogP contribution in [0.15, 0.2) is 33.6 Å². The van der Waals surface area contributed by atoms with Crippen LogP contribution in [0, 0.1) is 0 Å². The quantitative estimate of drug-likeness (QED) is 0.786. The second-order valence-corrected chi connectivity index (χ2v) is 5.76. The Balaban J connectivity index is 2.27. The molecule has 1 aromatic carbocycles. The summed E-state index contributed by atoms with van der Waals surface area (Å²) in [5.74, 6) is -0.641. The third-order valence-corrected chi connectivity index (χ3v) is 3.70. The van der Waals surface area contributed by atoms with Crippen LogP contribution >= 0.6 is 27.7 Å². The molecule has 1 amide bonds. The van der Waals surface area contributed by atoms with Crippen molar-refractivity contribution >= 4 is 39.6 Å². The zero-order valence-corrected chi connectivity index (χ0v) is 12.3. The van der Waals surface area contributed by atoms with Gasteiger partial charge in [-0.05, 0) is 31.2 Å². The Morgan fingerprint density at radius 2 is 2.00 bits per heavy atom. The van der Waals surface area contributed by atoms with Crippen LogP contribution in [0.5, 0.6) is 0 Å². The SMILES string of the molecule is C[C@@H](NC(=O)CCSc1ccc(Br)cc1)C(=O)O. The van der Waals surface area contributed by atoms with Gasteiger partial charge in [0.05, 0.1) is 0 Å². The summed E-state index contributed by atoms with van der Waals surface area (Å²) in [5.41, 5.74) is 0. The Morgan fingerprint density at radius 3 is 2.56 bits per heavy atom. The van der Waals surface area contributed by atoms with Gasteiger partial charge in [0.2, 0.25) is 5.91 Å². The van der Waals surface area contributed by atoms with E-state index in [1.54, 1.807) is 11.8 Å². The van der Waals surface area contributed by atoms with Gasteiger partial charge in [-0.25, -0.2) is 0 Å². The smallest absolute Gasteiger partial charge is 0.325 e. The lowest BCUT2D eigenvalue weighted by Gasteiger charge is -2.08. The molecule has 0 spiro atoms. The van der Waals surface area contributed by atoms with E-state index in [4.69, 9.17) is 5.11 Å². The second kappa shape index (κ2) is 7.43. The number of rotatable bonds is 6. The average molecular weight is 332 g/mol. The monoisotopic (exact) mass is 331 g/mol. The van der Waals surface area contributed by atoms with E-state index in [0.29, 0.717) is 12.2 Å². The van der Waals surface area contributed by atoms with Gasteiger partial charge in [-0.15, -0.1) is 11.8 Å². The summed E-state index contributed by atoms with van der Waals surface area (Å²) in [7, 11) is 0. The minimum atomic E-state index is -1.02. The predicted octanol–water partition coefficient (Wildman–Crippen LogP) is 2.52. The molecule has 0 aromatic heterocycles. The van der Waals surface area contributed by atoms with E-state index in [9.17, 15) is 9.59 Å². The van der Waals surface area contributed by atoms with Crippen molar-refractivity contribution < 1.29 is 14.7 Å². The summed E-state index contributed by atoms with van der Waals surface area (Å²) >= 11 is 4.91. The lowest BCUT2D eigenvalue weighted by Crippen LogP contribution is -2.38. The van der Waals surface area contributed by atoms with Crippen LogP contribution in [0.25, 0.3) is 0 Å². The number of halogens is 1. The van der Waals surface area contributed by atoms with Crippen LogP contribution in [0.4, 0.5) is 0 Å². The molecule has 6 heteroatoms. The number of thioether (sulfide) groups is 1. The van der Waals surface area contributed by atoms with Gasteiger partial charge in [0.25, 0.3) is 0 Å². The molecule has 1 aromatic rings. The van der Waals surface area contributed by atoms with Crippen molar-refractivity contribution in [3.8, 4) is 0 Å².